The summed E-state index contributed by atoms with van der Waals surface area (Å²) in [7, 11) is 0. The van der Waals surface area contributed by atoms with Gasteiger partial charge in [-0.2, -0.15) is 5.10 Å². The van der Waals surface area contributed by atoms with Gasteiger partial charge in [-0.3, -0.25) is 9.69 Å². The maximum atomic E-state index is 13.1. The van der Waals surface area contributed by atoms with Gasteiger partial charge in [0, 0.05) is 5.02 Å². The van der Waals surface area contributed by atoms with Crippen molar-refractivity contribution in [2.75, 3.05) is 0 Å². The second kappa shape index (κ2) is 9.75. The maximum Gasteiger partial charge on any atom is 0.267 e. The number of amides is 1. The van der Waals surface area contributed by atoms with Crippen LogP contribution in [0.5, 0.6) is 0 Å². The zero-order valence-electron chi connectivity index (χ0n) is 15.8. The Labute approximate surface area is 198 Å². The number of carbonyl (C=O) groups excluding carboxylic acids is 1. The van der Waals surface area contributed by atoms with Crippen molar-refractivity contribution in [3.05, 3.63) is 97.7 Å². The van der Waals surface area contributed by atoms with Gasteiger partial charge >= 0.3 is 0 Å². The molecular formula is C22H14Cl3N3O2S. The summed E-state index contributed by atoms with van der Waals surface area (Å²) in [5.74, 6) is 0.406. The number of nitrogens with zero attached hydrogens (tertiary/aromatic N) is 3. The SMILES string of the molecule is O=C1/C(=C/c2cccc(Cl)c2Cl)S/C(=N/N=C\c2ccc(Cl)cc2)N1Cc1ccco1. The minimum absolute atomic E-state index is 0.224. The largest absolute Gasteiger partial charge is 0.467 e. The van der Waals surface area contributed by atoms with Gasteiger partial charge in [-0.25, -0.2) is 0 Å². The lowest BCUT2D eigenvalue weighted by Crippen LogP contribution is -2.28. The molecule has 31 heavy (non-hydrogen) atoms. The Balaban J connectivity index is 1.64. The molecule has 3 aromatic rings. The first-order valence-corrected chi connectivity index (χ1v) is 11.0. The first kappa shape index (κ1) is 21.7. The van der Waals surface area contributed by atoms with Gasteiger partial charge in [0.05, 0.1) is 34.0 Å². The van der Waals surface area contributed by atoms with Crippen LogP contribution in [-0.2, 0) is 11.3 Å². The fourth-order valence-electron chi connectivity index (χ4n) is 2.75. The quantitative estimate of drug-likeness (QED) is 0.226. The van der Waals surface area contributed by atoms with Crippen LogP contribution in [0.25, 0.3) is 6.08 Å². The third kappa shape index (κ3) is 5.22. The summed E-state index contributed by atoms with van der Waals surface area (Å²) < 4.78 is 5.40. The van der Waals surface area contributed by atoms with Crippen LogP contribution in [0.1, 0.15) is 16.9 Å². The second-order valence-electron chi connectivity index (χ2n) is 6.40. The Bertz CT molecular complexity index is 1190. The lowest BCUT2D eigenvalue weighted by Gasteiger charge is -2.12. The van der Waals surface area contributed by atoms with E-state index >= 15 is 0 Å². The van der Waals surface area contributed by atoms with Crippen LogP contribution in [0.2, 0.25) is 15.1 Å². The number of carbonyl (C=O) groups is 1. The molecule has 1 aliphatic heterocycles. The average Bonchev–Trinajstić information content (AvgIpc) is 3.37. The fourth-order valence-corrected chi connectivity index (χ4v) is 4.16. The van der Waals surface area contributed by atoms with Crippen molar-refractivity contribution in [1.82, 2.24) is 4.90 Å². The molecule has 0 saturated carbocycles. The zero-order valence-corrected chi connectivity index (χ0v) is 18.9. The second-order valence-corrected chi connectivity index (χ2v) is 8.63. The number of halogens is 3. The molecule has 1 aromatic heterocycles. The molecule has 1 saturated heterocycles. The van der Waals surface area contributed by atoms with Gasteiger partial charge in [0.25, 0.3) is 5.91 Å². The molecule has 4 rings (SSSR count). The topological polar surface area (TPSA) is 58.2 Å². The molecule has 1 aliphatic rings. The monoisotopic (exact) mass is 489 g/mol. The van der Waals surface area contributed by atoms with Crippen molar-refractivity contribution in [2.45, 2.75) is 6.54 Å². The third-order valence-electron chi connectivity index (χ3n) is 4.27. The van der Waals surface area contributed by atoms with Crippen LogP contribution >= 0.6 is 46.6 Å². The molecule has 5 nitrogen and oxygen atoms in total. The van der Waals surface area contributed by atoms with E-state index in [1.807, 2.05) is 12.1 Å². The minimum atomic E-state index is -0.224. The number of furan rings is 1. The van der Waals surface area contributed by atoms with Gasteiger partial charge in [0.1, 0.15) is 5.76 Å². The number of hydrogen-bond donors (Lipinski definition) is 0. The Morgan fingerprint density at radius 1 is 1.03 bits per heavy atom. The molecule has 2 aromatic carbocycles. The highest BCUT2D eigenvalue weighted by atomic mass is 35.5. The van der Waals surface area contributed by atoms with E-state index in [2.05, 4.69) is 10.2 Å². The number of amidine groups is 1. The summed E-state index contributed by atoms with van der Waals surface area (Å²) in [5.41, 5.74) is 1.48. The van der Waals surface area contributed by atoms with Gasteiger partial charge in [0.2, 0.25) is 0 Å². The highest BCUT2D eigenvalue weighted by Gasteiger charge is 2.34. The van der Waals surface area contributed by atoms with Crippen molar-refractivity contribution in [1.29, 1.82) is 0 Å². The number of hydrogen-bond acceptors (Lipinski definition) is 5. The van der Waals surface area contributed by atoms with Crippen molar-refractivity contribution in [3.63, 3.8) is 0 Å². The van der Waals surface area contributed by atoms with Crippen molar-refractivity contribution in [3.8, 4) is 0 Å². The van der Waals surface area contributed by atoms with Crippen LogP contribution in [0.3, 0.4) is 0 Å². The summed E-state index contributed by atoms with van der Waals surface area (Å²) in [6.45, 7) is 0.231. The highest BCUT2D eigenvalue weighted by molar-refractivity contribution is 8.18. The summed E-state index contributed by atoms with van der Waals surface area (Å²) >= 11 is 19.5. The van der Waals surface area contributed by atoms with Crippen LogP contribution < -0.4 is 0 Å². The lowest BCUT2D eigenvalue weighted by molar-refractivity contribution is -0.122. The molecular weight excluding hydrogens is 477 g/mol. The average molecular weight is 491 g/mol. The highest BCUT2D eigenvalue weighted by Crippen LogP contribution is 2.36. The first-order valence-electron chi connectivity index (χ1n) is 9.05. The summed E-state index contributed by atoms with van der Waals surface area (Å²) in [4.78, 5) is 15.0. The Morgan fingerprint density at radius 3 is 2.58 bits per heavy atom. The normalized spacial score (nSPS) is 16.9. The maximum absolute atomic E-state index is 13.1. The van der Waals surface area contributed by atoms with Crippen LogP contribution in [0.15, 0.2) is 80.4 Å². The summed E-state index contributed by atoms with van der Waals surface area (Å²) in [5, 5.41) is 10.3. The Kier molecular flexibility index (Phi) is 6.83. The van der Waals surface area contributed by atoms with E-state index in [0.717, 1.165) is 5.56 Å². The minimum Gasteiger partial charge on any atom is -0.467 e. The van der Waals surface area contributed by atoms with Gasteiger partial charge in [0.15, 0.2) is 5.17 Å². The van der Waals surface area contributed by atoms with E-state index in [0.29, 0.717) is 36.5 Å². The van der Waals surface area contributed by atoms with Gasteiger partial charge in [-0.05, 0) is 59.3 Å². The fraction of sp³-hybridized carbons (Fsp3) is 0.0455. The molecule has 0 N–H and O–H groups in total. The molecule has 156 valence electrons. The van der Waals surface area contributed by atoms with E-state index in [4.69, 9.17) is 39.2 Å². The molecule has 0 spiro atoms. The number of rotatable bonds is 5. The van der Waals surface area contributed by atoms with Gasteiger partial charge in [-0.15, -0.1) is 5.10 Å². The predicted molar refractivity (Wildman–Crippen MR) is 128 cm³/mol. The van der Waals surface area contributed by atoms with Crippen LogP contribution in [0.4, 0.5) is 0 Å². The molecule has 9 heteroatoms. The molecule has 0 radical (unpaired) electrons. The van der Waals surface area contributed by atoms with E-state index in [1.54, 1.807) is 61.0 Å². The number of thioether (sulfide) groups is 1. The first-order chi connectivity index (χ1) is 15.0. The predicted octanol–water partition coefficient (Wildman–Crippen LogP) is 6.75. The van der Waals surface area contributed by atoms with Crippen molar-refractivity contribution in [2.24, 2.45) is 10.2 Å². The molecule has 0 aliphatic carbocycles. The van der Waals surface area contributed by atoms with E-state index in [1.165, 1.54) is 16.7 Å². The van der Waals surface area contributed by atoms with Crippen LogP contribution in [-0.4, -0.2) is 22.2 Å². The molecule has 1 amide bonds. The third-order valence-corrected chi connectivity index (χ3v) is 6.35. The Hall–Kier alpha value is -2.51. The Morgan fingerprint density at radius 2 is 1.84 bits per heavy atom. The molecule has 0 bridgehead atoms. The van der Waals surface area contributed by atoms with Gasteiger partial charge in [-0.1, -0.05) is 59.1 Å². The standard InChI is InChI=1S/C22H14Cl3N3O2S/c23-16-8-6-14(7-9-16)12-26-27-22-28(13-17-4-2-10-30-17)21(29)19(31-22)11-15-3-1-5-18(24)20(15)25/h1-12H,13H2/b19-11-,26-12-,27-22+. The molecule has 0 unspecified atom stereocenters. The van der Waals surface area contributed by atoms with E-state index in [-0.39, 0.29) is 12.5 Å². The van der Waals surface area contributed by atoms with Crippen molar-refractivity contribution >= 4 is 69.9 Å². The summed E-state index contributed by atoms with van der Waals surface area (Å²) in [6.07, 6.45) is 4.85. The van der Waals surface area contributed by atoms with Crippen LogP contribution in [0, 0.1) is 0 Å². The van der Waals surface area contributed by atoms with E-state index < -0.39 is 0 Å². The molecule has 2 heterocycles. The zero-order chi connectivity index (χ0) is 21.8. The molecule has 0 atom stereocenters. The van der Waals surface area contributed by atoms with Crippen molar-refractivity contribution < 1.29 is 9.21 Å². The summed E-state index contributed by atoms with van der Waals surface area (Å²) in [6, 6.07) is 16.0. The van der Waals surface area contributed by atoms with Gasteiger partial charge < -0.3 is 4.42 Å². The number of benzene rings is 2. The van der Waals surface area contributed by atoms with E-state index in [9.17, 15) is 4.79 Å². The molecule has 1 fully saturated rings. The lowest BCUT2D eigenvalue weighted by atomic mass is 10.2. The smallest absolute Gasteiger partial charge is 0.267 e.